The van der Waals surface area contributed by atoms with Gasteiger partial charge >= 0.3 is 0 Å². The Morgan fingerprint density at radius 3 is 2.40 bits per heavy atom. The highest BCUT2D eigenvalue weighted by Gasteiger charge is 2.20. The lowest BCUT2D eigenvalue weighted by molar-refractivity contribution is 0.0940. The summed E-state index contributed by atoms with van der Waals surface area (Å²) in [7, 11) is 0. The Morgan fingerprint density at radius 1 is 1.20 bits per heavy atom. The second kappa shape index (κ2) is 7.95. The molecule has 0 radical (unpaired) electrons. The Bertz CT molecular complexity index is 726. The van der Waals surface area contributed by atoms with Crippen molar-refractivity contribution in [3.63, 3.8) is 0 Å². The first-order valence-electron chi connectivity index (χ1n) is 9.03. The highest BCUT2D eigenvalue weighted by atomic mass is 16.5. The van der Waals surface area contributed by atoms with Crippen molar-refractivity contribution in [2.75, 3.05) is 13.1 Å². The van der Waals surface area contributed by atoms with Gasteiger partial charge in [0, 0.05) is 30.9 Å². The summed E-state index contributed by atoms with van der Waals surface area (Å²) in [5, 5.41) is 7.71. The van der Waals surface area contributed by atoms with Crippen LogP contribution in [0.5, 0.6) is 0 Å². The maximum atomic E-state index is 12.8. The summed E-state index contributed by atoms with van der Waals surface area (Å²) in [6.07, 6.45) is 0. The molecule has 0 aliphatic carbocycles. The molecule has 2 aromatic heterocycles. The van der Waals surface area contributed by atoms with E-state index in [9.17, 15) is 4.79 Å². The molecule has 138 valence electrons. The fourth-order valence-corrected chi connectivity index (χ4v) is 3.10. The van der Waals surface area contributed by atoms with Crippen molar-refractivity contribution in [2.24, 2.45) is 0 Å². The third-order valence-electron chi connectivity index (χ3n) is 4.46. The minimum absolute atomic E-state index is 0.104. The number of aromatic nitrogens is 2. The molecule has 1 N–H and O–H groups in total. The molecule has 0 bridgehead atoms. The second-order valence-corrected chi connectivity index (χ2v) is 7.38. The number of hydrogen-bond acceptors (Lipinski definition) is 5. The minimum atomic E-state index is -0.104. The maximum absolute atomic E-state index is 12.8. The summed E-state index contributed by atoms with van der Waals surface area (Å²) >= 11 is 0. The van der Waals surface area contributed by atoms with E-state index in [2.05, 4.69) is 48.1 Å². The Morgan fingerprint density at radius 2 is 1.84 bits per heavy atom. The Hall–Kier alpha value is -1.95. The van der Waals surface area contributed by atoms with Crippen LogP contribution < -0.4 is 5.32 Å². The maximum Gasteiger partial charge on any atom is 0.259 e. The Balaban J connectivity index is 2.20. The number of pyridine rings is 1. The number of rotatable bonds is 7. The molecular formula is C19H30N4O2. The SMILES string of the molecule is Cc1noc2nc(C(C)C)cc(C(=O)NCCN(C(C)C)C(C)C)c12. The quantitative estimate of drug-likeness (QED) is 0.831. The molecule has 0 saturated carbocycles. The predicted octanol–water partition coefficient (Wildman–Crippen LogP) is 3.50. The third-order valence-corrected chi connectivity index (χ3v) is 4.46. The Labute approximate surface area is 150 Å². The van der Waals surface area contributed by atoms with E-state index in [-0.39, 0.29) is 11.8 Å². The molecule has 1 amide bonds. The largest absolute Gasteiger partial charge is 0.351 e. The van der Waals surface area contributed by atoms with Crippen LogP contribution in [-0.4, -0.2) is 46.1 Å². The number of fused-ring (bicyclic) bond motifs is 1. The first-order valence-corrected chi connectivity index (χ1v) is 9.03. The molecule has 0 atom stereocenters. The summed E-state index contributed by atoms with van der Waals surface area (Å²) in [5.41, 5.74) is 2.54. The molecule has 0 saturated heterocycles. The van der Waals surface area contributed by atoms with E-state index in [1.54, 1.807) is 0 Å². The zero-order valence-electron chi connectivity index (χ0n) is 16.4. The molecule has 2 rings (SSSR count). The van der Waals surface area contributed by atoms with Crippen molar-refractivity contribution < 1.29 is 9.32 Å². The minimum Gasteiger partial charge on any atom is -0.351 e. The van der Waals surface area contributed by atoms with Crippen LogP contribution in [0.25, 0.3) is 11.1 Å². The number of hydrogen-bond donors (Lipinski definition) is 1. The standard InChI is InChI=1S/C19H30N4O2/c1-11(2)16-10-15(17-14(7)22-25-19(17)21-16)18(24)20-8-9-23(12(3)4)13(5)6/h10-13H,8-9H2,1-7H3,(H,20,24). The van der Waals surface area contributed by atoms with Crippen molar-refractivity contribution >= 4 is 17.0 Å². The Kier molecular flexibility index (Phi) is 6.16. The van der Waals surface area contributed by atoms with E-state index >= 15 is 0 Å². The normalized spacial score (nSPS) is 12.1. The number of nitrogens with zero attached hydrogens (tertiary/aromatic N) is 3. The number of carbonyl (C=O) groups is 1. The predicted molar refractivity (Wildman–Crippen MR) is 99.9 cm³/mol. The zero-order chi connectivity index (χ0) is 18.7. The molecule has 0 aromatic carbocycles. The molecule has 6 heteroatoms. The van der Waals surface area contributed by atoms with Gasteiger partial charge in [-0.15, -0.1) is 0 Å². The topological polar surface area (TPSA) is 71.3 Å². The summed E-state index contributed by atoms with van der Waals surface area (Å²) in [5.74, 6) is 0.104. The molecule has 0 aliphatic rings. The highest BCUT2D eigenvalue weighted by Crippen LogP contribution is 2.25. The molecular weight excluding hydrogens is 316 g/mol. The van der Waals surface area contributed by atoms with Gasteiger partial charge in [0.25, 0.3) is 11.6 Å². The summed E-state index contributed by atoms with van der Waals surface area (Å²) < 4.78 is 5.29. The molecule has 0 unspecified atom stereocenters. The van der Waals surface area contributed by atoms with Gasteiger partial charge in [-0.3, -0.25) is 9.69 Å². The number of carbonyl (C=O) groups excluding carboxylic acids is 1. The van der Waals surface area contributed by atoms with Crippen LogP contribution in [0.3, 0.4) is 0 Å². The van der Waals surface area contributed by atoms with Crippen LogP contribution in [0.2, 0.25) is 0 Å². The summed E-state index contributed by atoms with van der Waals surface area (Å²) in [4.78, 5) is 19.6. The second-order valence-electron chi connectivity index (χ2n) is 7.38. The van der Waals surface area contributed by atoms with Gasteiger partial charge in [0.1, 0.15) is 0 Å². The van der Waals surface area contributed by atoms with Crippen LogP contribution in [0.4, 0.5) is 0 Å². The molecule has 0 fully saturated rings. The molecule has 2 aromatic rings. The van der Waals surface area contributed by atoms with E-state index in [0.29, 0.717) is 41.0 Å². The van der Waals surface area contributed by atoms with E-state index < -0.39 is 0 Å². The third kappa shape index (κ3) is 4.37. The van der Waals surface area contributed by atoms with Gasteiger partial charge in [0.2, 0.25) is 0 Å². The van der Waals surface area contributed by atoms with Gasteiger partial charge < -0.3 is 9.84 Å². The van der Waals surface area contributed by atoms with Crippen molar-refractivity contribution in [1.29, 1.82) is 0 Å². The van der Waals surface area contributed by atoms with Gasteiger partial charge in [-0.25, -0.2) is 4.98 Å². The van der Waals surface area contributed by atoms with Crippen LogP contribution in [-0.2, 0) is 0 Å². The molecule has 25 heavy (non-hydrogen) atoms. The molecule has 2 heterocycles. The smallest absolute Gasteiger partial charge is 0.259 e. The van der Waals surface area contributed by atoms with Gasteiger partial charge in [-0.2, -0.15) is 0 Å². The average Bonchev–Trinajstić information content (AvgIpc) is 2.91. The van der Waals surface area contributed by atoms with Gasteiger partial charge in [-0.1, -0.05) is 19.0 Å². The number of amides is 1. The molecule has 6 nitrogen and oxygen atoms in total. The van der Waals surface area contributed by atoms with Crippen molar-refractivity contribution in [2.45, 2.75) is 66.5 Å². The molecule has 0 aliphatic heterocycles. The van der Waals surface area contributed by atoms with E-state index in [1.165, 1.54) is 0 Å². The lowest BCUT2D eigenvalue weighted by atomic mass is 10.0. The fourth-order valence-electron chi connectivity index (χ4n) is 3.10. The van der Waals surface area contributed by atoms with Crippen molar-refractivity contribution in [3.8, 4) is 0 Å². The number of aryl methyl sites for hydroxylation is 1. The van der Waals surface area contributed by atoms with E-state index in [0.717, 1.165) is 12.2 Å². The highest BCUT2D eigenvalue weighted by molar-refractivity contribution is 6.06. The van der Waals surface area contributed by atoms with Crippen molar-refractivity contribution in [3.05, 3.63) is 23.0 Å². The van der Waals surface area contributed by atoms with Crippen LogP contribution in [0.1, 0.15) is 69.2 Å². The first-order chi connectivity index (χ1) is 11.7. The summed E-state index contributed by atoms with van der Waals surface area (Å²) in [6.45, 7) is 16.0. The first kappa shape index (κ1) is 19.4. The van der Waals surface area contributed by atoms with Gasteiger partial charge in [0.15, 0.2) is 0 Å². The van der Waals surface area contributed by atoms with E-state index in [4.69, 9.17) is 4.52 Å². The molecule has 0 spiro atoms. The van der Waals surface area contributed by atoms with Crippen LogP contribution in [0.15, 0.2) is 10.6 Å². The lowest BCUT2D eigenvalue weighted by Gasteiger charge is -2.30. The fraction of sp³-hybridized carbons (Fsp3) is 0.632. The zero-order valence-corrected chi connectivity index (χ0v) is 16.4. The van der Waals surface area contributed by atoms with E-state index in [1.807, 2.05) is 26.8 Å². The van der Waals surface area contributed by atoms with Crippen LogP contribution >= 0.6 is 0 Å². The summed E-state index contributed by atoms with van der Waals surface area (Å²) in [6, 6.07) is 2.74. The van der Waals surface area contributed by atoms with Gasteiger partial charge in [0.05, 0.1) is 16.6 Å². The monoisotopic (exact) mass is 346 g/mol. The van der Waals surface area contributed by atoms with Crippen molar-refractivity contribution in [1.82, 2.24) is 20.4 Å². The van der Waals surface area contributed by atoms with Gasteiger partial charge in [-0.05, 0) is 46.6 Å². The lowest BCUT2D eigenvalue weighted by Crippen LogP contribution is -2.42. The number of nitrogens with one attached hydrogen (secondary N) is 1. The average molecular weight is 346 g/mol. The van der Waals surface area contributed by atoms with Crippen LogP contribution in [0, 0.1) is 6.92 Å².